The second-order valence-electron chi connectivity index (χ2n) is 4.33. The van der Waals surface area contributed by atoms with Gasteiger partial charge in [0.15, 0.2) is 0 Å². The number of pyridine rings is 2. The molecule has 0 radical (unpaired) electrons. The van der Waals surface area contributed by atoms with E-state index in [2.05, 4.69) is 27.5 Å². The molecule has 0 saturated carbocycles. The van der Waals surface area contributed by atoms with E-state index < -0.39 is 0 Å². The number of nitrogens with one attached hydrogen (secondary N) is 2. The fraction of sp³-hybridized carbons (Fsp3) is 0.267. The van der Waals surface area contributed by atoms with Gasteiger partial charge in [-0.05, 0) is 30.2 Å². The van der Waals surface area contributed by atoms with Gasteiger partial charge in [-0.3, -0.25) is 9.78 Å². The molecule has 0 saturated heterocycles. The van der Waals surface area contributed by atoms with Gasteiger partial charge in [-0.1, -0.05) is 13.0 Å². The summed E-state index contributed by atoms with van der Waals surface area (Å²) in [5.74, 6) is 0.543. The van der Waals surface area contributed by atoms with Crippen LogP contribution in [-0.4, -0.2) is 22.9 Å². The fourth-order valence-corrected chi connectivity index (χ4v) is 1.93. The molecular weight excluding hydrogens is 252 g/mol. The minimum Gasteiger partial charge on any atom is -0.373 e. The quantitative estimate of drug-likeness (QED) is 0.872. The molecule has 0 unspecified atom stereocenters. The Morgan fingerprint density at radius 2 is 2.10 bits per heavy atom. The molecule has 0 aliphatic rings. The largest absolute Gasteiger partial charge is 0.373 e. The van der Waals surface area contributed by atoms with E-state index in [1.165, 1.54) is 0 Å². The second-order valence-corrected chi connectivity index (χ2v) is 4.33. The lowest BCUT2D eigenvalue weighted by Gasteiger charge is -2.09. The zero-order valence-corrected chi connectivity index (χ0v) is 11.7. The van der Waals surface area contributed by atoms with Crippen molar-refractivity contribution in [1.82, 2.24) is 15.3 Å². The average molecular weight is 270 g/mol. The molecule has 20 heavy (non-hydrogen) atoms. The van der Waals surface area contributed by atoms with Crippen LogP contribution < -0.4 is 10.6 Å². The highest BCUT2D eigenvalue weighted by atomic mass is 16.1. The Bertz CT molecular complexity index is 598. The van der Waals surface area contributed by atoms with Crippen molar-refractivity contribution in [3.05, 3.63) is 53.5 Å². The van der Waals surface area contributed by atoms with E-state index in [-0.39, 0.29) is 5.91 Å². The molecule has 2 N–H and O–H groups in total. The molecule has 1 amide bonds. The Kier molecular flexibility index (Phi) is 4.65. The van der Waals surface area contributed by atoms with Crippen molar-refractivity contribution in [2.45, 2.75) is 19.9 Å². The molecule has 0 aromatic carbocycles. The maximum Gasteiger partial charge on any atom is 0.251 e. The van der Waals surface area contributed by atoms with Crippen molar-refractivity contribution in [3.8, 4) is 0 Å². The number of rotatable bonds is 5. The van der Waals surface area contributed by atoms with Crippen LogP contribution in [0.1, 0.15) is 28.5 Å². The Labute approximate surface area is 118 Å². The van der Waals surface area contributed by atoms with Crippen LogP contribution in [0.4, 0.5) is 5.82 Å². The van der Waals surface area contributed by atoms with Crippen LogP contribution in [0.3, 0.4) is 0 Å². The summed E-state index contributed by atoms with van der Waals surface area (Å²) in [7, 11) is 1.77. The van der Waals surface area contributed by atoms with Gasteiger partial charge in [0.1, 0.15) is 5.82 Å². The van der Waals surface area contributed by atoms with Crippen molar-refractivity contribution >= 4 is 11.7 Å². The molecule has 0 fully saturated rings. The van der Waals surface area contributed by atoms with Crippen molar-refractivity contribution in [1.29, 1.82) is 0 Å². The highest BCUT2D eigenvalue weighted by Gasteiger charge is 2.08. The normalized spacial score (nSPS) is 10.1. The van der Waals surface area contributed by atoms with Crippen LogP contribution >= 0.6 is 0 Å². The molecule has 0 aliphatic carbocycles. The monoisotopic (exact) mass is 270 g/mol. The van der Waals surface area contributed by atoms with Crippen molar-refractivity contribution in [2.24, 2.45) is 0 Å². The van der Waals surface area contributed by atoms with E-state index in [9.17, 15) is 4.79 Å². The Balaban J connectivity index is 2.04. The van der Waals surface area contributed by atoms with Gasteiger partial charge in [-0.25, -0.2) is 4.98 Å². The first-order chi connectivity index (χ1) is 9.74. The molecule has 5 heteroatoms. The van der Waals surface area contributed by atoms with Gasteiger partial charge in [0, 0.05) is 25.0 Å². The molecule has 2 heterocycles. The predicted octanol–water partition coefficient (Wildman–Crippen LogP) is 2.01. The highest BCUT2D eigenvalue weighted by molar-refractivity contribution is 5.94. The average Bonchev–Trinajstić information content (AvgIpc) is 2.52. The molecule has 5 nitrogen and oxygen atoms in total. The Morgan fingerprint density at radius 3 is 2.85 bits per heavy atom. The molecule has 0 bridgehead atoms. The number of nitrogens with zero attached hydrogens (tertiary/aromatic N) is 2. The minimum atomic E-state index is -0.128. The van der Waals surface area contributed by atoms with Crippen LogP contribution in [0.2, 0.25) is 0 Å². The molecule has 0 atom stereocenters. The van der Waals surface area contributed by atoms with E-state index in [4.69, 9.17) is 0 Å². The topological polar surface area (TPSA) is 66.9 Å². The first kappa shape index (κ1) is 14.0. The number of amides is 1. The van der Waals surface area contributed by atoms with Crippen molar-refractivity contribution < 1.29 is 4.79 Å². The van der Waals surface area contributed by atoms with Gasteiger partial charge in [0.25, 0.3) is 5.91 Å². The maximum absolute atomic E-state index is 12.1. The zero-order valence-electron chi connectivity index (χ0n) is 11.7. The molecule has 0 spiro atoms. The standard InChI is InChI=1S/C15H18N4O/c1-3-11-5-4-7-17-13(11)10-19-15(20)12-6-8-18-14(9-12)16-2/h4-9H,3,10H2,1-2H3,(H,16,18)(H,19,20). The molecule has 2 aromatic rings. The number of hydrogen-bond donors (Lipinski definition) is 2. The zero-order chi connectivity index (χ0) is 14.4. The van der Waals surface area contributed by atoms with Gasteiger partial charge < -0.3 is 10.6 Å². The van der Waals surface area contributed by atoms with Crippen LogP contribution in [0.25, 0.3) is 0 Å². The maximum atomic E-state index is 12.1. The number of aryl methyl sites for hydroxylation is 1. The van der Waals surface area contributed by atoms with Crippen LogP contribution in [0, 0.1) is 0 Å². The van der Waals surface area contributed by atoms with Gasteiger partial charge in [0.2, 0.25) is 0 Å². The Hall–Kier alpha value is -2.43. The number of aromatic nitrogens is 2. The van der Waals surface area contributed by atoms with E-state index in [1.54, 1.807) is 31.6 Å². The third-order valence-corrected chi connectivity index (χ3v) is 3.06. The van der Waals surface area contributed by atoms with E-state index >= 15 is 0 Å². The lowest BCUT2D eigenvalue weighted by Crippen LogP contribution is -2.24. The van der Waals surface area contributed by atoms with Crippen LogP contribution in [-0.2, 0) is 13.0 Å². The molecule has 104 valence electrons. The summed E-state index contributed by atoms with van der Waals surface area (Å²) in [6, 6.07) is 7.34. The van der Waals surface area contributed by atoms with Gasteiger partial charge in [-0.15, -0.1) is 0 Å². The SMILES string of the molecule is CCc1cccnc1CNC(=O)c1ccnc(NC)c1. The molecule has 0 aliphatic heterocycles. The summed E-state index contributed by atoms with van der Waals surface area (Å²) in [4.78, 5) is 20.5. The summed E-state index contributed by atoms with van der Waals surface area (Å²) in [6.45, 7) is 2.50. The third kappa shape index (κ3) is 3.32. The lowest BCUT2D eigenvalue weighted by molar-refractivity contribution is 0.0950. The highest BCUT2D eigenvalue weighted by Crippen LogP contribution is 2.08. The number of carbonyl (C=O) groups is 1. The van der Waals surface area contributed by atoms with E-state index in [0.29, 0.717) is 17.9 Å². The van der Waals surface area contributed by atoms with Gasteiger partial charge in [0.05, 0.1) is 12.2 Å². The number of hydrogen-bond acceptors (Lipinski definition) is 4. The van der Waals surface area contributed by atoms with E-state index in [1.807, 2.05) is 12.1 Å². The first-order valence-electron chi connectivity index (χ1n) is 6.59. The van der Waals surface area contributed by atoms with Gasteiger partial charge >= 0.3 is 0 Å². The summed E-state index contributed by atoms with van der Waals surface area (Å²) in [5.41, 5.74) is 2.64. The molecular formula is C15H18N4O. The van der Waals surface area contributed by atoms with Crippen molar-refractivity contribution in [2.75, 3.05) is 12.4 Å². The summed E-state index contributed by atoms with van der Waals surface area (Å²) in [6.07, 6.45) is 4.25. The lowest BCUT2D eigenvalue weighted by atomic mass is 10.1. The first-order valence-corrected chi connectivity index (χ1v) is 6.59. The van der Waals surface area contributed by atoms with E-state index in [0.717, 1.165) is 17.7 Å². The van der Waals surface area contributed by atoms with Crippen molar-refractivity contribution in [3.63, 3.8) is 0 Å². The third-order valence-electron chi connectivity index (χ3n) is 3.06. The smallest absolute Gasteiger partial charge is 0.251 e. The van der Waals surface area contributed by atoms with Gasteiger partial charge in [-0.2, -0.15) is 0 Å². The molecule has 2 aromatic heterocycles. The minimum absolute atomic E-state index is 0.128. The summed E-state index contributed by atoms with van der Waals surface area (Å²) in [5, 5.41) is 5.80. The van der Waals surface area contributed by atoms with Crippen LogP contribution in [0.15, 0.2) is 36.7 Å². The Morgan fingerprint density at radius 1 is 1.25 bits per heavy atom. The molecule has 2 rings (SSSR count). The number of carbonyl (C=O) groups excluding carboxylic acids is 1. The fourth-order valence-electron chi connectivity index (χ4n) is 1.93. The second kappa shape index (κ2) is 6.65. The summed E-state index contributed by atoms with van der Waals surface area (Å²) < 4.78 is 0. The number of anilines is 1. The summed E-state index contributed by atoms with van der Waals surface area (Å²) >= 11 is 0. The predicted molar refractivity (Wildman–Crippen MR) is 78.6 cm³/mol. The van der Waals surface area contributed by atoms with Crippen LogP contribution in [0.5, 0.6) is 0 Å².